The number of carbonyl (C=O) groups excluding carboxylic acids is 2. The van der Waals surface area contributed by atoms with Gasteiger partial charge in [0.05, 0.1) is 12.1 Å². The zero-order valence-corrected chi connectivity index (χ0v) is 28.7. The number of carboxylic acid groups (broad SMARTS) is 2. The van der Waals surface area contributed by atoms with Gasteiger partial charge in [-0.15, -0.1) is 0 Å². The lowest BCUT2D eigenvalue weighted by Gasteiger charge is -2.20. The quantitative estimate of drug-likeness (QED) is 0.0595. The first-order valence-electron chi connectivity index (χ1n) is 15.3. The lowest BCUT2D eigenvalue weighted by molar-refractivity contribution is -0.193. The average Bonchev–Trinajstić information content (AvgIpc) is 3.59. The molecule has 2 aromatic rings. The summed E-state index contributed by atoms with van der Waals surface area (Å²) in [7, 11) is 0. The van der Waals surface area contributed by atoms with E-state index < -0.39 is 42.0 Å². The average molecular weight is 768 g/mol. The number of carbonyl (C=O) groups is 4. The van der Waals surface area contributed by atoms with Gasteiger partial charge in [-0.2, -0.15) is 26.3 Å². The van der Waals surface area contributed by atoms with Gasteiger partial charge >= 0.3 is 36.4 Å². The number of amides is 1. The van der Waals surface area contributed by atoms with Crippen molar-refractivity contribution in [1.29, 1.82) is 10.8 Å². The Labute approximate surface area is 298 Å². The number of amidine groups is 2. The number of carboxylic acids is 2. The van der Waals surface area contributed by atoms with E-state index in [2.05, 4.69) is 5.32 Å². The van der Waals surface area contributed by atoms with Crippen LogP contribution in [0.5, 0.6) is 11.5 Å². The number of aliphatic carboxylic acids is 2. The van der Waals surface area contributed by atoms with Crippen molar-refractivity contribution in [1.82, 2.24) is 10.2 Å². The molecule has 1 fully saturated rings. The van der Waals surface area contributed by atoms with Crippen LogP contribution in [0.25, 0.3) is 0 Å². The Hall–Kier alpha value is -5.76. The van der Waals surface area contributed by atoms with Crippen LogP contribution in [-0.2, 0) is 19.1 Å². The molecule has 53 heavy (non-hydrogen) atoms. The molecular weight excluding hydrogens is 728 g/mol. The van der Waals surface area contributed by atoms with Crippen molar-refractivity contribution in [2.75, 3.05) is 39.5 Å². The Balaban J connectivity index is 0.000000845. The highest BCUT2D eigenvalue weighted by Crippen LogP contribution is 2.28. The summed E-state index contributed by atoms with van der Waals surface area (Å²) in [6.45, 7) is 7.47. The van der Waals surface area contributed by atoms with Crippen molar-refractivity contribution in [2.45, 2.75) is 51.6 Å². The molecule has 1 amide bonds. The molecule has 1 aliphatic heterocycles. The summed E-state index contributed by atoms with van der Waals surface area (Å²) in [6, 6.07) is 11.6. The molecule has 21 heteroatoms. The highest BCUT2D eigenvalue weighted by molar-refractivity contribution is 5.98. The maximum Gasteiger partial charge on any atom is 0.490 e. The highest BCUT2D eigenvalue weighted by atomic mass is 19.4. The summed E-state index contributed by atoms with van der Waals surface area (Å²) >= 11 is 0. The number of rotatable bonds is 11. The number of nitrogens with zero attached hydrogens (tertiary/aromatic N) is 1. The number of nitrogen functional groups attached to an aromatic ring is 1. The molecule has 0 bridgehead atoms. The molecule has 15 nitrogen and oxygen atoms in total. The Kier molecular flexibility index (Phi) is 17.4. The standard InChI is InChI=1S/C28H37N5O6.2C2HF3O2/c1-28(2,3)39-27(35)32-12-15-36-22-11-10-21(24(29)30)18-23(22)37-16-17-38-26(34)20-8-6-19(7-9-20)25(31)33-13-4-5-14-33;2*3-2(4,5)1(6)7/h6-11,18,31H,4-5,12-17H2,1-3H3,(H3,29,30)(H,32,35);2*(H,6,7). The van der Waals surface area contributed by atoms with Crippen LogP contribution in [0, 0.1) is 10.8 Å². The second kappa shape index (κ2) is 20.3. The van der Waals surface area contributed by atoms with Crippen LogP contribution in [0.3, 0.4) is 0 Å². The zero-order valence-electron chi connectivity index (χ0n) is 28.7. The number of benzene rings is 2. The van der Waals surface area contributed by atoms with Gasteiger partial charge in [-0.05, 0) is 63.9 Å². The fourth-order valence-corrected chi connectivity index (χ4v) is 3.79. The predicted molar refractivity (Wildman–Crippen MR) is 174 cm³/mol. The summed E-state index contributed by atoms with van der Waals surface area (Å²) in [6.07, 6.45) is -8.53. The smallest absolute Gasteiger partial charge is 0.488 e. The SMILES string of the molecule is CC(C)(C)OC(=O)NCCOc1ccc(C(=N)N)cc1OCCOC(=O)c1ccc(C(=N)N2CCCC2)cc1.O=C(O)C(F)(F)F.O=C(O)C(F)(F)F. The fourth-order valence-electron chi connectivity index (χ4n) is 3.79. The van der Waals surface area contributed by atoms with Gasteiger partial charge in [0.25, 0.3) is 0 Å². The summed E-state index contributed by atoms with van der Waals surface area (Å²) in [5, 5.41) is 32.9. The van der Waals surface area contributed by atoms with E-state index in [0.29, 0.717) is 28.5 Å². The molecule has 0 aromatic heterocycles. The third kappa shape index (κ3) is 17.8. The minimum Gasteiger partial charge on any atom is -0.488 e. The van der Waals surface area contributed by atoms with Crippen LogP contribution in [0.15, 0.2) is 42.5 Å². The number of likely N-dealkylation sites (tertiary alicyclic amines) is 1. The van der Waals surface area contributed by atoms with E-state index in [1.807, 2.05) is 4.90 Å². The lowest BCUT2D eigenvalue weighted by atomic mass is 10.1. The Morgan fingerprint density at radius 1 is 0.774 bits per heavy atom. The first kappa shape index (κ1) is 45.3. The second-order valence-corrected chi connectivity index (χ2v) is 11.6. The molecule has 0 spiro atoms. The summed E-state index contributed by atoms with van der Waals surface area (Å²) in [5.41, 5.74) is 6.59. The minimum absolute atomic E-state index is 0.0197. The normalized spacial score (nSPS) is 12.5. The molecule has 2 aromatic carbocycles. The third-order valence-electron chi connectivity index (χ3n) is 6.16. The maximum absolute atomic E-state index is 12.5. The molecule has 7 N–H and O–H groups in total. The number of nitrogens with two attached hydrogens (primary N) is 1. The van der Waals surface area contributed by atoms with E-state index in [9.17, 15) is 35.9 Å². The van der Waals surface area contributed by atoms with E-state index >= 15 is 0 Å². The molecule has 0 unspecified atom stereocenters. The number of esters is 1. The maximum atomic E-state index is 12.5. The van der Waals surface area contributed by atoms with Crippen LogP contribution >= 0.6 is 0 Å². The number of hydrogen-bond acceptors (Lipinski definition) is 10. The first-order chi connectivity index (χ1) is 24.4. The van der Waals surface area contributed by atoms with Gasteiger partial charge in [0, 0.05) is 24.2 Å². The molecular formula is C32H39F6N5O10. The minimum atomic E-state index is -5.08. The van der Waals surface area contributed by atoms with E-state index in [1.165, 1.54) is 0 Å². The summed E-state index contributed by atoms with van der Waals surface area (Å²) in [5.74, 6) is -4.98. The Morgan fingerprint density at radius 2 is 1.25 bits per heavy atom. The van der Waals surface area contributed by atoms with Crippen LogP contribution in [0.2, 0.25) is 0 Å². The van der Waals surface area contributed by atoms with Gasteiger partial charge in [-0.25, -0.2) is 19.2 Å². The number of ether oxygens (including phenoxy) is 4. The van der Waals surface area contributed by atoms with Gasteiger partial charge in [-0.3, -0.25) is 10.8 Å². The van der Waals surface area contributed by atoms with Gasteiger partial charge in [-0.1, -0.05) is 12.1 Å². The largest absolute Gasteiger partial charge is 0.490 e. The molecule has 3 rings (SSSR count). The molecule has 1 saturated heterocycles. The van der Waals surface area contributed by atoms with Crippen LogP contribution in [0.1, 0.15) is 55.1 Å². The lowest BCUT2D eigenvalue weighted by Crippen LogP contribution is -2.34. The fraction of sp³-hybridized carbons (Fsp3) is 0.438. The van der Waals surface area contributed by atoms with E-state index in [0.717, 1.165) is 31.5 Å². The Morgan fingerprint density at radius 3 is 1.72 bits per heavy atom. The Bertz CT molecular complexity index is 1550. The molecule has 1 aliphatic rings. The van der Waals surface area contributed by atoms with Crippen molar-refractivity contribution < 1.29 is 74.7 Å². The third-order valence-corrected chi connectivity index (χ3v) is 6.16. The molecule has 0 saturated carbocycles. The monoisotopic (exact) mass is 767 g/mol. The molecule has 1 heterocycles. The van der Waals surface area contributed by atoms with Gasteiger partial charge in [0.2, 0.25) is 0 Å². The van der Waals surface area contributed by atoms with Crippen LogP contribution in [0.4, 0.5) is 31.1 Å². The van der Waals surface area contributed by atoms with Crippen LogP contribution < -0.4 is 20.5 Å². The number of alkyl carbamates (subject to hydrolysis) is 1. The van der Waals surface area contributed by atoms with Crippen molar-refractivity contribution >= 4 is 35.7 Å². The predicted octanol–water partition coefficient (Wildman–Crippen LogP) is 4.80. The topological polar surface area (TPSA) is 235 Å². The van der Waals surface area contributed by atoms with Gasteiger partial charge in [0.1, 0.15) is 37.1 Å². The van der Waals surface area contributed by atoms with Crippen molar-refractivity contribution in [2.24, 2.45) is 5.73 Å². The van der Waals surface area contributed by atoms with Gasteiger partial charge < -0.3 is 45.1 Å². The zero-order chi connectivity index (χ0) is 40.6. The summed E-state index contributed by atoms with van der Waals surface area (Å²) in [4.78, 5) is 44.1. The van der Waals surface area contributed by atoms with Crippen LogP contribution in [-0.4, -0.2) is 108 Å². The molecule has 0 aliphatic carbocycles. The van der Waals surface area contributed by atoms with E-state index in [1.54, 1.807) is 63.2 Å². The number of halogens is 6. The number of nitrogens with one attached hydrogen (secondary N) is 3. The number of hydrogen-bond donors (Lipinski definition) is 6. The number of alkyl halides is 6. The van der Waals surface area contributed by atoms with Crippen molar-refractivity contribution in [3.63, 3.8) is 0 Å². The van der Waals surface area contributed by atoms with Crippen molar-refractivity contribution in [3.05, 3.63) is 59.2 Å². The highest BCUT2D eigenvalue weighted by Gasteiger charge is 2.39. The van der Waals surface area contributed by atoms with E-state index in [4.69, 9.17) is 55.3 Å². The van der Waals surface area contributed by atoms with Gasteiger partial charge in [0.15, 0.2) is 11.5 Å². The van der Waals surface area contributed by atoms with E-state index in [-0.39, 0.29) is 32.2 Å². The molecule has 0 radical (unpaired) electrons. The second-order valence-electron chi connectivity index (χ2n) is 11.6. The van der Waals surface area contributed by atoms with Crippen molar-refractivity contribution in [3.8, 4) is 11.5 Å². The summed E-state index contributed by atoms with van der Waals surface area (Å²) < 4.78 is 85.5. The molecule has 294 valence electrons. The first-order valence-corrected chi connectivity index (χ1v) is 15.3. The molecule has 0 atom stereocenters.